The molecule has 1 aliphatic rings. The molecule has 0 aromatic carbocycles. The zero-order valence-electron chi connectivity index (χ0n) is 11.5. The van der Waals surface area contributed by atoms with E-state index in [-0.39, 0.29) is 11.3 Å². The van der Waals surface area contributed by atoms with Gasteiger partial charge in [0.15, 0.2) is 5.75 Å². The van der Waals surface area contributed by atoms with E-state index in [9.17, 15) is 5.11 Å². The van der Waals surface area contributed by atoms with E-state index < -0.39 is 5.60 Å². The average Bonchev–Trinajstić information content (AvgIpc) is 2.77. The maximum Gasteiger partial charge on any atom is 0.162 e. The van der Waals surface area contributed by atoms with E-state index in [1.165, 1.54) is 0 Å². The second-order valence-corrected chi connectivity index (χ2v) is 6.59. The van der Waals surface area contributed by atoms with Crippen LogP contribution in [0.5, 0.6) is 5.75 Å². The van der Waals surface area contributed by atoms with Gasteiger partial charge in [0.2, 0.25) is 0 Å². The summed E-state index contributed by atoms with van der Waals surface area (Å²) in [6.45, 7) is 6.22. The predicted octanol–water partition coefficient (Wildman–Crippen LogP) is 2.58. The maximum absolute atomic E-state index is 11.1. The minimum Gasteiger partial charge on any atom is -0.493 e. The summed E-state index contributed by atoms with van der Waals surface area (Å²) in [6.07, 6.45) is 3.51. The topological polar surface area (TPSA) is 47.3 Å². The Morgan fingerprint density at radius 1 is 1.61 bits per heavy atom. The van der Waals surface area contributed by atoms with Crippen LogP contribution in [-0.4, -0.2) is 33.0 Å². The number of ether oxygens (including phenoxy) is 1. The van der Waals surface area contributed by atoms with E-state index in [0.29, 0.717) is 5.75 Å². The summed E-state index contributed by atoms with van der Waals surface area (Å²) in [6, 6.07) is 0.215. The van der Waals surface area contributed by atoms with Crippen LogP contribution in [0.3, 0.4) is 0 Å². The molecule has 18 heavy (non-hydrogen) atoms. The lowest BCUT2D eigenvalue weighted by atomic mass is 9.89. The molecule has 2 rings (SSSR count). The summed E-state index contributed by atoms with van der Waals surface area (Å²) >= 11 is 1.82. The van der Waals surface area contributed by atoms with Crippen LogP contribution in [0.25, 0.3) is 0 Å². The van der Waals surface area contributed by atoms with Crippen LogP contribution in [0, 0.1) is 0 Å². The normalized spacial score (nSPS) is 28.7. The van der Waals surface area contributed by atoms with Gasteiger partial charge < -0.3 is 9.84 Å². The molecule has 2 heterocycles. The van der Waals surface area contributed by atoms with Crippen LogP contribution < -0.4 is 4.74 Å². The average molecular weight is 270 g/mol. The number of nitrogens with zero attached hydrogens (tertiary/aromatic N) is 2. The van der Waals surface area contributed by atoms with Gasteiger partial charge in [-0.15, -0.1) is 0 Å². The highest BCUT2D eigenvalue weighted by atomic mass is 32.2. The molecular formula is C13H22N2O2S. The third kappa shape index (κ3) is 2.14. The molecule has 2 atom stereocenters. The molecule has 1 saturated heterocycles. The Hall–Kier alpha value is -0.680. The van der Waals surface area contributed by atoms with E-state index in [2.05, 4.69) is 25.9 Å². The van der Waals surface area contributed by atoms with Crippen molar-refractivity contribution >= 4 is 11.8 Å². The lowest BCUT2D eigenvalue weighted by molar-refractivity contribution is 0.0132. The summed E-state index contributed by atoms with van der Waals surface area (Å²) in [7, 11) is 1.63. The Bertz CT molecular complexity index is 419. The molecule has 1 N–H and O–H groups in total. The van der Waals surface area contributed by atoms with Crippen molar-refractivity contribution in [3.8, 4) is 5.75 Å². The van der Waals surface area contributed by atoms with Crippen LogP contribution in [0.1, 0.15) is 45.3 Å². The third-order valence-electron chi connectivity index (χ3n) is 3.62. The molecule has 0 spiro atoms. The monoisotopic (exact) mass is 270 g/mol. The van der Waals surface area contributed by atoms with Gasteiger partial charge >= 0.3 is 0 Å². The standard InChI is InChI=1S/C13H22N2O2S/c1-9(2)15-12(11(17-4)8-14-15)13(16)6-5-7-18-10(13)3/h8-10,16H,5-7H2,1-4H3. The number of rotatable bonds is 3. The largest absolute Gasteiger partial charge is 0.493 e. The molecule has 0 amide bonds. The molecule has 0 saturated carbocycles. The second-order valence-electron chi connectivity index (χ2n) is 5.14. The van der Waals surface area contributed by atoms with Gasteiger partial charge in [-0.05, 0) is 32.4 Å². The molecule has 1 aliphatic heterocycles. The molecule has 2 unspecified atom stereocenters. The number of aromatic nitrogens is 2. The number of hydrogen-bond acceptors (Lipinski definition) is 4. The Balaban J connectivity index is 2.50. The molecule has 5 heteroatoms. The van der Waals surface area contributed by atoms with E-state index >= 15 is 0 Å². The van der Waals surface area contributed by atoms with Gasteiger partial charge in [0.05, 0.1) is 13.3 Å². The fourth-order valence-corrected chi connectivity index (χ4v) is 3.72. The van der Waals surface area contributed by atoms with Gasteiger partial charge in [0.1, 0.15) is 11.3 Å². The van der Waals surface area contributed by atoms with Crippen molar-refractivity contribution in [3.05, 3.63) is 11.9 Å². The highest BCUT2D eigenvalue weighted by Crippen LogP contribution is 2.45. The number of aliphatic hydroxyl groups is 1. The summed E-state index contributed by atoms with van der Waals surface area (Å²) in [5, 5.41) is 15.6. The highest BCUT2D eigenvalue weighted by molar-refractivity contribution is 8.00. The fraction of sp³-hybridized carbons (Fsp3) is 0.769. The maximum atomic E-state index is 11.1. The fourth-order valence-electron chi connectivity index (χ4n) is 2.55. The SMILES string of the molecule is COc1cnn(C(C)C)c1C1(O)CCCSC1C. The van der Waals surface area contributed by atoms with Gasteiger partial charge in [-0.25, -0.2) is 0 Å². The lowest BCUT2D eigenvalue weighted by Crippen LogP contribution is -2.41. The van der Waals surface area contributed by atoms with E-state index in [0.717, 1.165) is 24.3 Å². The zero-order chi connectivity index (χ0) is 13.3. The van der Waals surface area contributed by atoms with Crippen molar-refractivity contribution in [2.24, 2.45) is 0 Å². The van der Waals surface area contributed by atoms with Crippen LogP contribution in [0.4, 0.5) is 0 Å². The molecule has 1 aromatic heterocycles. The van der Waals surface area contributed by atoms with Crippen molar-refractivity contribution < 1.29 is 9.84 Å². The molecule has 0 aliphatic carbocycles. The van der Waals surface area contributed by atoms with Crippen molar-refractivity contribution in [1.29, 1.82) is 0 Å². The van der Waals surface area contributed by atoms with Crippen molar-refractivity contribution in [2.75, 3.05) is 12.9 Å². The van der Waals surface area contributed by atoms with E-state index in [1.807, 2.05) is 16.4 Å². The minimum absolute atomic E-state index is 0.161. The quantitative estimate of drug-likeness (QED) is 0.917. The molecule has 102 valence electrons. The summed E-state index contributed by atoms with van der Waals surface area (Å²) in [4.78, 5) is 0. The predicted molar refractivity (Wildman–Crippen MR) is 74.2 cm³/mol. The molecule has 0 radical (unpaired) electrons. The van der Waals surface area contributed by atoms with Gasteiger partial charge in [-0.2, -0.15) is 16.9 Å². The Morgan fingerprint density at radius 3 is 2.89 bits per heavy atom. The van der Waals surface area contributed by atoms with Gasteiger partial charge in [0, 0.05) is 11.3 Å². The first-order valence-corrected chi connectivity index (χ1v) is 7.51. The summed E-state index contributed by atoms with van der Waals surface area (Å²) in [5.41, 5.74) is -0.00521. The van der Waals surface area contributed by atoms with Crippen LogP contribution in [0.2, 0.25) is 0 Å². The van der Waals surface area contributed by atoms with E-state index in [4.69, 9.17) is 4.74 Å². The number of hydrogen-bond donors (Lipinski definition) is 1. The van der Waals surface area contributed by atoms with Crippen LogP contribution in [0.15, 0.2) is 6.20 Å². The molecule has 1 fully saturated rings. The molecular weight excluding hydrogens is 248 g/mol. The van der Waals surface area contributed by atoms with E-state index in [1.54, 1.807) is 13.3 Å². The summed E-state index contributed by atoms with van der Waals surface area (Å²) in [5.74, 6) is 1.81. The zero-order valence-corrected chi connectivity index (χ0v) is 12.3. The Labute approximate surface area is 113 Å². The molecule has 4 nitrogen and oxygen atoms in total. The Morgan fingerprint density at radius 2 is 2.33 bits per heavy atom. The van der Waals surface area contributed by atoms with Crippen LogP contribution >= 0.6 is 11.8 Å². The number of thioether (sulfide) groups is 1. The summed E-state index contributed by atoms with van der Waals surface area (Å²) < 4.78 is 7.28. The van der Waals surface area contributed by atoms with Gasteiger partial charge in [-0.3, -0.25) is 4.68 Å². The highest BCUT2D eigenvalue weighted by Gasteiger charge is 2.43. The van der Waals surface area contributed by atoms with Gasteiger partial charge in [-0.1, -0.05) is 6.92 Å². The second kappa shape index (κ2) is 5.13. The molecule has 1 aromatic rings. The lowest BCUT2D eigenvalue weighted by Gasteiger charge is -2.38. The van der Waals surface area contributed by atoms with Crippen molar-refractivity contribution in [3.63, 3.8) is 0 Å². The number of methoxy groups -OCH3 is 1. The first-order valence-electron chi connectivity index (χ1n) is 6.46. The third-order valence-corrected chi connectivity index (χ3v) is 5.04. The first kappa shape index (κ1) is 13.7. The molecule has 0 bridgehead atoms. The van der Waals surface area contributed by atoms with Gasteiger partial charge in [0.25, 0.3) is 0 Å². The smallest absolute Gasteiger partial charge is 0.162 e. The van der Waals surface area contributed by atoms with Crippen LogP contribution in [-0.2, 0) is 5.60 Å². The van der Waals surface area contributed by atoms with Crippen molar-refractivity contribution in [1.82, 2.24) is 9.78 Å². The van der Waals surface area contributed by atoms with Crippen molar-refractivity contribution in [2.45, 2.75) is 50.5 Å². The Kier molecular flexibility index (Phi) is 3.92. The minimum atomic E-state index is -0.838. The first-order chi connectivity index (χ1) is 8.50.